The number of pyridine rings is 2. The van der Waals surface area contributed by atoms with Gasteiger partial charge in [0.15, 0.2) is 5.82 Å². The maximum atomic E-state index is 11.3. The van der Waals surface area contributed by atoms with Crippen LogP contribution in [0.4, 0.5) is 5.82 Å². The van der Waals surface area contributed by atoms with Gasteiger partial charge in [0.2, 0.25) is 4.80 Å². The van der Waals surface area contributed by atoms with E-state index in [2.05, 4.69) is 29.7 Å². The number of ketones is 1. The predicted molar refractivity (Wildman–Crippen MR) is 157 cm³/mol. The Balaban J connectivity index is 1.41. The molecule has 9 nitrogen and oxygen atoms in total. The molecule has 0 bridgehead atoms. The number of rotatable bonds is 11. The fourth-order valence-corrected chi connectivity index (χ4v) is 6.40. The Hall–Kier alpha value is -3.02. The SMILES string of the molecule is CC(=O)CCn1cc(-c2cnc3ccc(/N=c4\sc(C5CCCC5)nn4COCC[Si](C)(C)C)nc3c2)cn1. The van der Waals surface area contributed by atoms with Gasteiger partial charge in [0.1, 0.15) is 17.5 Å². The molecule has 0 atom stereocenters. The molecule has 1 aliphatic rings. The van der Waals surface area contributed by atoms with Gasteiger partial charge in [-0.15, -0.1) is 0 Å². The lowest BCUT2D eigenvalue weighted by molar-refractivity contribution is -0.117. The zero-order valence-corrected chi connectivity index (χ0v) is 25.1. The maximum absolute atomic E-state index is 11.3. The lowest BCUT2D eigenvalue weighted by atomic mass is 10.1. The summed E-state index contributed by atoms with van der Waals surface area (Å²) in [6, 6.07) is 6.99. The lowest BCUT2D eigenvalue weighted by Crippen LogP contribution is -2.24. The van der Waals surface area contributed by atoms with E-state index in [1.54, 1.807) is 29.1 Å². The molecule has 11 heteroatoms. The number of ether oxygens (including phenoxy) is 1. The van der Waals surface area contributed by atoms with Crippen molar-refractivity contribution in [2.75, 3.05) is 6.61 Å². The molecule has 0 aliphatic heterocycles. The van der Waals surface area contributed by atoms with E-state index in [1.807, 2.05) is 35.3 Å². The predicted octanol–water partition coefficient (Wildman–Crippen LogP) is 5.93. The molecule has 0 spiro atoms. The monoisotopic (exact) mass is 563 g/mol. The van der Waals surface area contributed by atoms with Crippen molar-refractivity contribution in [2.24, 2.45) is 4.99 Å². The zero-order chi connectivity index (χ0) is 27.4. The summed E-state index contributed by atoms with van der Waals surface area (Å²) in [4.78, 5) is 26.5. The van der Waals surface area contributed by atoms with Crippen molar-refractivity contribution in [3.63, 3.8) is 0 Å². The van der Waals surface area contributed by atoms with Crippen LogP contribution < -0.4 is 4.80 Å². The molecule has 39 heavy (non-hydrogen) atoms. The number of carbonyl (C=O) groups excluding carboxylic acids is 1. The van der Waals surface area contributed by atoms with Gasteiger partial charge in [-0.3, -0.25) is 14.5 Å². The fraction of sp³-hybridized carbons (Fsp3) is 0.500. The van der Waals surface area contributed by atoms with Gasteiger partial charge >= 0.3 is 0 Å². The van der Waals surface area contributed by atoms with Crippen LogP contribution in [0.3, 0.4) is 0 Å². The van der Waals surface area contributed by atoms with E-state index in [9.17, 15) is 4.79 Å². The molecule has 1 fully saturated rings. The average Bonchev–Trinajstić information content (AvgIpc) is 3.66. The molecule has 1 saturated carbocycles. The van der Waals surface area contributed by atoms with Crippen molar-refractivity contribution in [3.05, 3.63) is 46.6 Å². The molecule has 4 heterocycles. The summed E-state index contributed by atoms with van der Waals surface area (Å²) in [5.41, 5.74) is 3.44. The molecule has 4 aromatic heterocycles. The number of aryl methyl sites for hydroxylation is 1. The normalized spacial score (nSPS) is 15.0. The molecule has 1 aliphatic carbocycles. The molecule has 0 aromatic carbocycles. The molecule has 0 saturated heterocycles. The van der Waals surface area contributed by atoms with Crippen LogP contribution in [0.5, 0.6) is 0 Å². The largest absolute Gasteiger partial charge is 0.359 e. The van der Waals surface area contributed by atoms with Gasteiger partial charge in [-0.05, 0) is 44.0 Å². The smallest absolute Gasteiger partial charge is 0.211 e. The molecular formula is C28H37N7O2SSi. The number of aromatic nitrogens is 6. The Morgan fingerprint density at radius 3 is 2.74 bits per heavy atom. The molecule has 0 N–H and O–H groups in total. The van der Waals surface area contributed by atoms with Gasteiger partial charge in [-0.1, -0.05) is 43.8 Å². The van der Waals surface area contributed by atoms with Crippen molar-refractivity contribution in [2.45, 2.75) is 83.9 Å². The van der Waals surface area contributed by atoms with E-state index >= 15 is 0 Å². The summed E-state index contributed by atoms with van der Waals surface area (Å²) in [5.74, 6) is 1.28. The van der Waals surface area contributed by atoms with Crippen LogP contribution in [-0.2, 0) is 22.8 Å². The summed E-state index contributed by atoms with van der Waals surface area (Å²) in [7, 11) is -1.16. The minimum atomic E-state index is -1.16. The molecule has 0 radical (unpaired) electrons. The Morgan fingerprint density at radius 2 is 1.97 bits per heavy atom. The summed E-state index contributed by atoms with van der Waals surface area (Å²) in [6.07, 6.45) is 10.9. The third kappa shape index (κ3) is 7.34. The fourth-order valence-electron chi connectivity index (χ4n) is 4.58. The van der Waals surface area contributed by atoms with E-state index in [-0.39, 0.29) is 5.78 Å². The zero-order valence-electron chi connectivity index (χ0n) is 23.3. The number of Topliss-reactive ketones (excluding diaryl/α,β-unsaturated/α-hetero) is 1. The van der Waals surface area contributed by atoms with Gasteiger partial charge in [0, 0.05) is 57.1 Å². The summed E-state index contributed by atoms with van der Waals surface area (Å²) in [5, 5.41) is 10.5. The highest BCUT2D eigenvalue weighted by Crippen LogP contribution is 2.34. The second kappa shape index (κ2) is 12.0. The number of carbonyl (C=O) groups is 1. The summed E-state index contributed by atoms with van der Waals surface area (Å²) < 4.78 is 9.73. The average molecular weight is 564 g/mol. The van der Waals surface area contributed by atoms with Crippen LogP contribution in [0.15, 0.2) is 41.8 Å². The first-order chi connectivity index (χ1) is 18.7. The second-order valence-electron chi connectivity index (χ2n) is 11.5. The van der Waals surface area contributed by atoms with Crippen molar-refractivity contribution >= 4 is 42.0 Å². The van der Waals surface area contributed by atoms with Crippen LogP contribution in [-0.4, -0.2) is 50.0 Å². The topological polar surface area (TPSA) is 100 Å². The minimum absolute atomic E-state index is 0.149. The van der Waals surface area contributed by atoms with Crippen LogP contribution in [0.25, 0.3) is 22.2 Å². The van der Waals surface area contributed by atoms with E-state index in [0.717, 1.165) is 44.6 Å². The van der Waals surface area contributed by atoms with Crippen molar-refractivity contribution in [1.82, 2.24) is 29.5 Å². The first-order valence-electron chi connectivity index (χ1n) is 13.7. The quantitative estimate of drug-likeness (QED) is 0.166. The first-order valence-corrected chi connectivity index (χ1v) is 18.3. The van der Waals surface area contributed by atoms with Gasteiger partial charge in [-0.2, -0.15) is 15.2 Å². The number of nitrogens with zero attached hydrogens (tertiary/aromatic N) is 7. The van der Waals surface area contributed by atoms with Crippen molar-refractivity contribution in [3.8, 4) is 11.1 Å². The van der Waals surface area contributed by atoms with E-state index in [4.69, 9.17) is 19.8 Å². The van der Waals surface area contributed by atoms with Gasteiger partial charge in [-0.25, -0.2) is 9.67 Å². The molecule has 0 amide bonds. The minimum Gasteiger partial charge on any atom is -0.359 e. The Bertz CT molecular complexity index is 1510. The number of hydrogen-bond acceptors (Lipinski definition) is 8. The summed E-state index contributed by atoms with van der Waals surface area (Å²) in [6.45, 7) is 10.4. The maximum Gasteiger partial charge on any atom is 0.211 e. The molecule has 4 aromatic rings. The first kappa shape index (κ1) is 27.5. The number of hydrogen-bond donors (Lipinski definition) is 0. The third-order valence-corrected chi connectivity index (χ3v) is 9.76. The Morgan fingerprint density at radius 1 is 1.15 bits per heavy atom. The van der Waals surface area contributed by atoms with Crippen LogP contribution in [0.1, 0.15) is 50.0 Å². The molecule has 0 unspecified atom stereocenters. The van der Waals surface area contributed by atoms with Gasteiger partial charge < -0.3 is 4.74 Å². The lowest BCUT2D eigenvalue weighted by Gasteiger charge is -2.15. The Labute approximate surface area is 234 Å². The summed E-state index contributed by atoms with van der Waals surface area (Å²) >= 11 is 1.65. The van der Waals surface area contributed by atoms with Crippen LogP contribution in [0.2, 0.25) is 25.7 Å². The Kier molecular flexibility index (Phi) is 8.48. The molecular weight excluding hydrogens is 527 g/mol. The van der Waals surface area contributed by atoms with Gasteiger partial charge in [0.05, 0.1) is 17.2 Å². The van der Waals surface area contributed by atoms with Crippen LogP contribution in [0, 0.1) is 0 Å². The highest BCUT2D eigenvalue weighted by atomic mass is 32.1. The van der Waals surface area contributed by atoms with E-state index in [1.165, 1.54) is 25.7 Å². The van der Waals surface area contributed by atoms with Crippen molar-refractivity contribution < 1.29 is 9.53 Å². The van der Waals surface area contributed by atoms with E-state index in [0.29, 0.717) is 31.4 Å². The van der Waals surface area contributed by atoms with E-state index < -0.39 is 8.07 Å². The number of fused-ring (bicyclic) bond motifs is 1. The second-order valence-corrected chi connectivity index (χ2v) is 18.1. The molecule has 206 valence electrons. The van der Waals surface area contributed by atoms with Gasteiger partial charge in [0.25, 0.3) is 0 Å². The third-order valence-electron chi connectivity index (χ3n) is 6.94. The highest BCUT2D eigenvalue weighted by molar-refractivity contribution is 7.08. The molecule has 5 rings (SSSR count). The highest BCUT2D eigenvalue weighted by Gasteiger charge is 2.22. The van der Waals surface area contributed by atoms with Crippen LogP contribution >= 0.6 is 11.3 Å². The van der Waals surface area contributed by atoms with Crippen molar-refractivity contribution in [1.29, 1.82) is 0 Å². The standard InChI is InChI=1S/C28H37N7O2SSi/c1-20(36)11-12-34-18-23(17-30-34)22-15-25-24(29-16-22)9-10-26(31-25)32-28-35(19-37-13-14-39(2,3)4)33-27(38-28)21-7-5-6-8-21/h9-10,15-18,21H,5-8,11-14,19H2,1-4H3/b32-28-.